The van der Waals surface area contributed by atoms with Crippen molar-refractivity contribution in [3.8, 4) is 5.75 Å². The number of hydrogen-bond donors (Lipinski definition) is 1. The molecule has 17 heavy (non-hydrogen) atoms. The van der Waals surface area contributed by atoms with E-state index >= 15 is 0 Å². The molecule has 0 heterocycles. The van der Waals surface area contributed by atoms with Gasteiger partial charge in [-0.05, 0) is 43.7 Å². The molecule has 1 aromatic carbocycles. The van der Waals surface area contributed by atoms with Crippen LogP contribution in [0.4, 0.5) is 11.4 Å². The number of ether oxygens (including phenoxy) is 1. The summed E-state index contributed by atoms with van der Waals surface area (Å²) in [4.78, 5) is 3.45. The van der Waals surface area contributed by atoms with Gasteiger partial charge in [0, 0.05) is 5.69 Å². The fourth-order valence-corrected chi connectivity index (χ4v) is 2.28. The summed E-state index contributed by atoms with van der Waals surface area (Å²) >= 11 is 0. The minimum absolute atomic E-state index is 0.244. The van der Waals surface area contributed by atoms with Gasteiger partial charge in [0.2, 0.25) is 5.69 Å². The molecule has 0 radical (unpaired) electrons. The molecular weight excluding hydrogens is 212 g/mol. The van der Waals surface area contributed by atoms with Crippen molar-refractivity contribution < 1.29 is 4.74 Å². The van der Waals surface area contributed by atoms with Crippen molar-refractivity contribution in [2.75, 3.05) is 5.73 Å². The molecule has 0 atom stereocenters. The smallest absolute Gasteiger partial charge is 0.250 e. The Hall–Kier alpha value is -1.69. The van der Waals surface area contributed by atoms with E-state index in [9.17, 15) is 0 Å². The predicted molar refractivity (Wildman–Crippen MR) is 69.2 cm³/mol. The maximum absolute atomic E-state index is 7.14. The van der Waals surface area contributed by atoms with Crippen LogP contribution in [-0.2, 0) is 0 Å². The van der Waals surface area contributed by atoms with Crippen molar-refractivity contribution >= 4 is 11.4 Å². The summed E-state index contributed by atoms with van der Waals surface area (Å²) in [6.45, 7) is 9.42. The van der Waals surface area contributed by atoms with Crippen LogP contribution in [0.3, 0.4) is 0 Å². The predicted octanol–water partition coefficient (Wildman–Crippen LogP) is 3.78. The molecule has 1 fully saturated rings. The summed E-state index contributed by atoms with van der Waals surface area (Å²) in [6.07, 6.45) is 4.81. The van der Waals surface area contributed by atoms with Gasteiger partial charge in [0.1, 0.15) is 5.75 Å². The monoisotopic (exact) mass is 230 g/mol. The molecule has 0 aliphatic heterocycles. The van der Waals surface area contributed by atoms with Crippen molar-refractivity contribution in [3.05, 3.63) is 29.6 Å². The van der Waals surface area contributed by atoms with Gasteiger partial charge in [-0.3, -0.25) is 0 Å². The molecular formula is C14H18N2O. The number of nitrogen functional groups attached to an aromatic ring is 1. The van der Waals surface area contributed by atoms with Crippen LogP contribution in [0, 0.1) is 12.5 Å². The maximum atomic E-state index is 7.14. The van der Waals surface area contributed by atoms with Gasteiger partial charge in [-0.1, -0.05) is 13.0 Å². The first-order valence-electron chi connectivity index (χ1n) is 6.13. The summed E-state index contributed by atoms with van der Waals surface area (Å²) in [5.74, 6) is 1.44. The Morgan fingerprint density at radius 1 is 1.29 bits per heavy atom. The number of nitrogens with zero attached hydrogens (tertiary/aromatic N) is 1. The third-order valence-corrected chi connectivity index (χ3v) is 3.40. The summed E-state index contributed by atoms with van der Waals surface area (Å²) in [6, 6.07) is 5.41. The molecule has 3 heteroatoms. The van der Waals surface area contributed by atoms with E-state index in [1.54, 1.807) is 6.07 Å². The van der Waals surface area contributed by atoms with Gasteiger partial charge < -0.3 is 10.5 Å². The Labute approximate surface area is 102 Å². The van der Waals surface area contributed by atoms with Gasteiger partial charge in [-0.2, -0.15) is 0 Å². The van der Waals surface area contributed by atoms with E-state index in [0.717, 1.165) is 18.8 Å². The van der Waals surface area contributed by atoms with E-state index < -0.39 is 0 Å². The quantitative estimate of drug-likeness (QED) is 0.620. The molecule has 0 aromatic heterocycles. The fourth-order valence-electron chi connectivity index (χ4n) is 2.28. The Balaban J connectivity index is 2.09. The van der Waals surface area contributed by atoms with Crippen molar-refractivity contribution in [2.45, 2.75) is 38.7 Å². The normalized spacial score (nSPS) is 24.0. The van der Waals surface area contributed by atoms with Crippen molar-refractivity contribution in [3.63, 3.8) is 0 Å². The molecule has 0 unspecified atom stereocenters. The van der Waals surface area contributed by atoms with Gasteiger partial charge in [0.05, 0.1) is 12.7 Å². The van der Waals surface area contributed by atoms with Gasteiger partial charge in [0.25, 0.3) is 0 Å². The van der Waals surface area contributed by atoms with E-state index in [2.05, 4.69) is 11.8 Å². The second kappa shape index (κ2) is 5.09. The second-order valence-corrected chi connectivity index (χ2v) is 4.81. The number of anilines is 1. The average Bonchev–Trinajstić information content (AvgIpc) is 2.32. The van der Waals surface area contributed by atoms with Crippen molar-refractivity contribution in [1.82, 2.24) is 0 Å². The Morgan fingerprint density at radius 2 is 2.00 bits per heavy atom. The third-order valence-electron chi connectivity index (χ3n) is 3.40. The van der Waals surface area contributed by atoms with Crippen molar-refractivity contribution in [1.29, 1.82) is 0 Å². The first-order valence-corrected chi connectivity index (χ1v) is 6.13. The molecule has 0 spiro atoms. The molecule has 1 aliphatic rings. The van der Waals surface area contributed by atoms with Gasteiger partial charge >= 0.3 is 0 Å². The van der Waals surface area contributed by atoms with Gasteiger partial charge in [0.15, 0.2) is 0 Å². The lowest BCUT2D eigenvalue weighted by atomic mass is 9.89. The van der Waals surface area contributed by atoms with Crippen LogP contribution in [0.2, 0.25) is 0 Å². The Morgan fingerprint density at radius 3 is 2.65 bits per heavy atom. The average molecular weight is 230 g/mol. The van der Waals surface area contributed by atoms with E-state index in [1.165, 1.54) is 12.8 Å². The molecule has 1 aliphatic carbocycles. The third kappa shape index (κ3) is 2.71. The van der Waals surface area contributed by atoms with Crippen LogP contribution < -0.4 is 10.5 Å². The maximum Gasteiger partial charge on any atom is 0.250 e. The van der Waals surface area contributed by atoms with E-state index in [0.29, 0.717) is 17.1 Å². The molecule has 3 nitrogen and oxygen atoms in total. The van der Waals surface area contributed by atoms with E-state index in [1.807, 2.05) is 12.1 Å². The highest BCUT2D eigenvalue weighted by Crippen LogP contribution is 2.36. The summed E-state index contributed by atoms with van der Waals surface area (Å²) in [5, 5.41) is 0. The highest BCUT2D eigenvalue weighted by atomic mass is 16.5. The zero-order chi connectivity index (χ0) is 12.3. The minimum Gasteiger partial charge on any atom is -0.501 e. The molecule has 0 amide bonds. The first kappa shape index (κ1) is 11.8. The molecule has 90 valence electrons. The summed E-state index contributed by atoms with van der Waals surface area (Å²) < 4.78 is 5.91. The first-order chi connectivity index (χ1) is 8.20. The van der Waals surface area contributed by atoms with E-state index in [4.69, 9.17) is 17.0 Å². The zero-order valence-electron chi connectivity index (χ0n) is 10.1. The number of nitrogens with two attached hydrogens (primary N) is 1. The number of rotatable bonds is 2. The summed E-state index contributed by atoms with van der Waals surface area (Å²) in [7, 11) is 0. The number of para-hydroxylation sites is 1. The van der Waals surface area contributed by atoms with Crippen LogP contribution in [0.25, 0.3) is 4.85 Å². The standard InChI is InChI=1S/C14H18N2O/c1-10-6-8-11(9-7-10)17-13-5-3-4-12(15)14(13)16-2/h3-5,10-11H,6-9,15H2,1H3. The van der Waals surface area contributed by atoms with Crippen molar-refractivity contribution in [2.24, 2.45) is 5.92 Å². The second-order valence-electron chi connectivity index (χ2n) is 4.81. The van der Waals surface area contributed by atoms with Crippen LogP contribution in [0.15, 0.2) is 18.2 Å². The molecule has 2 rings (SSSR count). The largest absolute Gasteiger partial charge is 0.501 e. The zero-order valence-corrected chi connectivity index (χ0v) is 10.1. The lowest BCUT2D eigenvalue weighted by molar-refractivity contribution is 0.136. The highest BCUT2D eigenvalue weighted by molar-refractivity contribution is 5.74. The lowest BCUT2D eigenvalue weighted by Gasteiger charge is -2.27. The fraction of sp³-hybridized carbons (Fsp3) is 0.500. The van der Waals surface area contributed by atoms with E-state index in [-0.39, 0.29) is 6.10 Å². The Bertz CT molecular complexity index is 428. The topological polar surface area (TPSA) is 39.6 Å². The Kier molecular flexibility index (Phi) is 3.53. The molecule has 0 saturated heterocycles. The highest BCUT2D eigenvalue weighted by Gasteiger charge is 2.20. The number of benzene rings is 1. The molecule has 2 N–H and O–H groups in total. The lowest BCUT2D eigenvalue weighted by Crippen LogP contribution is -2.23. The number of hydrogen-bond acceptors (Lipinski definition) is 2. The molecule has 1 aromatic rings. The van der Waals surface area contributed by atoms with Crippen LogP contribution in [0.5, 0.6) is 5.75 Å². The molecule has 0 bridgehead atoms. The minimum atomic E-state index is 0.244. The summed E-state index contributed by atoms with van der Waals surface area (Å²) in [5.41, 5.74) is 6.72. The SMILES string of the molecule is [C-]#[N+]c1c(N)cccc1OC1CCC(C)CC1. The van der Waals surface area contributed by atoms with Gasteiger partial charge in [-0.15, -0.1) is 0 Å². The van der Waals surface area contributed by atoms with Crippen LogP contribution in [0.1, 0.15) is 32.6 Å². The van der Waals surface area contributed by atoms with Gasteiger partial charge in [-0.25, -0.2) is 4.85 Å². The van der Waals surface area contributed by atoms with Crippen LogP contribution >= 0.6 is 0 Å². The van der Waals surface area contributed by atoms with Crippen LogP contribution in [-0.4, -0.2) is 6.10 Å². The molecule has 1 saturated carbocycles.